The summed E-state index contributed by atoms with van der Waals surface area (Å²) in [6, 6.07) is 0. The zero-order valence-electron chi connectivity index (χ0n) is 11.9. The molecule has 0 aromatic heterocycles. The summed E-state index contributed by atoms with van der Waals surface area (Å²) in [6.45, 7) is 11.7. The van der Waals surface area contributed by atoms with Crippen LogP contribution in [0.4, 0.5) is 0 Å². The first kappa shape index (κ1) is 13.8. The van der Waals surface area contributed by atoms with Crippen LogP contribution in [0.1, 0.15) is 33.6 Å². The Balaban J connectivity index is 1.93. The van der Waals surface area contributed by atoms with Crippen LogP contribution in [0.3, 0.4) is 0 Å². The van der Waals surface area contributed by atoms with E-state index in [1.54, 1.807) is 0 Å². The maximum absolute atomic E-state index is 12.5. The fourth-order valence-electron chi connectivity index (χ4n) is 2.83. The average Bonchev–Trinajstić information content (AvgIpc) is 2.38. The minimum atomic E-state index is 0.171. The van der Waals surface area contributed by atoms with Crippen LogP contribution in [0.25, 0.3) is 0 Å². The van der Waals surface area contributed by atoms with Crippen LogP contribution in [-0.2, 0) is 9.53 Å². The van der Waals surface area contributed by atoms with Crippen molar-refractivity contribution in [3.05, 3.63) is 0 Å². The molecular formula is C14H26N2O2. The topological polar surface area (TPSA) is 32.8 Å². The third kappa shape index (κ3) is 3.23. The molecular weight excluding hydrogens is 228 g/mol. The maximum atomic E-state index is 12.5. The highest BCUT2D eigenvalue weighted by Crippen LogP contribution is 2.25. The molecule has 2 fully saturated rings. The van der Waals surface area contributed by atoms with E-state index in [4.69, 9.17) is 4.74 Å². The molecule has 1 atom stereocenters. The molecule has 0 aromatic rings. The maximum Gasteiger partial charge on any atom is 0.227 e. The van der Waals surface area contributed by atoms with Gasteiger partial charge in [-0.2, -0.15) is 0 Å². The van der Waals surface area contributed by atoms with Gasteiger partial charge in [-0.1, -0.05) is 0 Å². The molecule has 0 spiro atoms. The lowest BCUT2D eigenvalue weighted by molar-refractivity contribution is -0.142. The van der Waals surface area contributed by atoms with Gasteiger partial charge in [-0.15, -0.1) is 0 Å². The van der Waals surface area contributed by atoms with E-state index < -0.39 is 0 Å². The molecule has 4 nitrogen and oxygen atoms in total. The standard InChI is InChI=1S/C14H26N2O2/c1-14(2,3)16-6-4-5-12(11-16)13(17)15-7-9-18-10-8-15/h12H,4-11H2,1-3H3. The van der Waals surface area contributed by atoms with Crippen LogP contribution in [0.2, 0.25) is 0 Å². The van der Waals surface area contributed by atoms with E-state index in [9.17, 15) is 4.79 Å². The van der Waals surface area contributed by atoms with E-state index in [0.29, 0.717) is 19.1 Å². The van der Waals surface area contributed by atoms with E-state index in [0.717, 1.165) is 39.0 Å². The van der Waals surface area contributed by atoms with Crippen LogP contribution in [-0.4, -0.2) is 60.6 Å². The molecule has 1 amide bonds. The molecule has 2 saturated heterocycles. The number of ether oxygens (including phenoxy) is 1. The summed E-state index contributed by atoms with van der Waals surface area (Å²) in [5.74, 6) is 0.531. The van der Waals surface area contributed by atoms with Gasteiger partial charge >= 0.3 is 0 Å². The van der Waals surface area contributed by atoms with Gasteiger partial charge in [0.2, 0.25) is 5.91 Å². The number of carbonyl (C=O) groups is 1. The van der Waals surface area contributed by atoms with Crippen molar-refractivity contribution in [3.8, 4) is 0 Å². The lowest BCUT2D eigenvalue weighted by Crippen LogP contribution is -2.52. The van der Waals surface area contributed by atoms with Gasteiger partial charge in [0.25, 0.3) is 0 Å². The van der Waals surface area contributed by atoms with Crippen molar-refractivity contribution in [1.82, 2.24) is 9.80 Å². The number of piperidine rings is 1. The predicted octanol–water partition coefficient (Wildman–Crippen LogP) is 1.36. The van der Waals surface area contributed by atoms with Gasteiger partial charge in [-0.25, -0.2) is 0 Å². The Morgan fingerprint density at radius 1 is 1.17 bits per heavy atom. The fourth-order valence-corrected chi connectivity index (χ4v) is 2.83. The minimum absolute atomic E-state index is 0.171. The molecule has 0 aliphatic carbocycles. The fraction of sp³-hybridized carbons (Fsp3) is 0.929. The number of nitrogens with zero attached hydrogens (tertiary/aromatic N) is 2. The second kappa shape index (κ2) is 5.57. The summed E-state index contributed by atoms with van der Waals surface area (Å²) in [6.07, 6.45) is 2.18. The molecule has 4 heteroatoms. The molecule has 18 heavy (non-hydrogen) atoms. The lowest BCUT2D eigenvalue weighted by atomic mass is 9.92. The van der Waals surface area contributed by atoms with Crippen molar-refractivity contribution in [2.75, 3.05) is 39.4 Å². The van der Waals surface area contributed by atoms with E-state index in [1.165, 1.54) is 0 Å². The molecule has 0 aromatic carbocycles. The number of likely N-dealkylation sites (tertiary alicyclic amines) is 1. The van der Waals surface area contributed by atoms with Crippen LogP contribution in [0.15, 0.2) is 0 Å². The van der Waals surface area contributed by atoms with Crippen molar-refractivity contribution < 1.29 is 9.53 Å². The predicted molar refractivity (Wildman–Crippen MR) is 71.4 cm³/mol. The largest absolute Gasteiger partial charge is 0.378 e. The van der Waals surface area contributed by atoms with E-state index >= 15 is 0 Å². The third-order valence-electron chi connectivity index (χ3n) is 4.04. The van der Waals surface area contributed by atoms with Crippen molar-refractivity contribution in [3.63, 3.8) is 0 Å². The Morgan fingerprint density at radius 2 is 1.83 bits per heavy atom. The molecule has 2 heterocycles. The second-order valence-electron chi connectivity index (χ2n) is 6.39. The van der Waals surface area contributed by atoms with E-state index in [1.807, 2.05) is 4.90 Å². The minimum Gasteiger partial charge on any atom is -0.378 e. The molecule has 0 N–H and O–H groups in total. The summed E-state index contributed by atoms with van der Waals surface area (Å²) >= 11 is 0. The summed E-state index contributed by atoms with van der Waals surface area (Å²) in [4.78, 5) is 16.9. The zero-order chi connectivity index (χ0) is 13.2. The summed E-state index contributed by atoms with van der Waals surface area (Å²) in [7, 11) is 0. The first-order valence-electron chi connectivity index (χ1n) is 7.10. The summed E-state index contributed by atoms with van der Waals surface area (Å²) in [5, 5.41) is 0. The van der Waals surface area contributed by atoms with Gasteiger partial charge in [-0.3, -0.25) is 9.69 Å². The second-order valence-corrected chi connectivity index (χ2v) is 6.39. The molecule has 2 aliphatic heterocycles. The Labute approximate surface area is 110 Å². The van der Waals surface area contributed by atoms with Crippen LogP contribution >= 0.6 is 0 Å². The van der Waals surface area contributed by atoms with Crippen molar-refractivity contribution in [2.45, 2.75) is 39.2 Å². The highest BCUT2D eigenvalue weighted by molar-refractivity contribution is 5.79. The normalized spacial score (nSPS) is 27.3. The smallest absolute Gasteiger partial charge is 0.227 e. The van der Waals surface area contributed by atoms with E-state index in [-0.39, 0.29) is 11.5 Å². The molecule has 2 aliphatic rings. The number of rotatable bonds is 1. The van der Waals surface area contributed by atoms with Gasteiger partial charge in [-0.05, 0) is 40.2 Å². The number of amides is 1. The van der Waals surface area contributed by atoms with Crippen molar-refractivity contribution in [2.24, 2.45) is 5.92 Å². The van der Waals surface area contributed by atoms with Crippen LogP contribution < -0.4 is 0 Å². The number of carbonyl (C=O) groups excluding carboxylic acids is 1. The number of hydrogen-bond donors (Lipinski definition) is 0. The average molecular weight is 254 g/mol. The highest BCUT2D eigenvalue weighted by Gasteiger charge is 2.33. The molecule has 0 saturated carbocycles. The summed E-state index contributed by atoms with van der Waals surface area (Å²) in [5.41, 5.74) is 0.171. The molecule has 104 valence electrons. The van der Waals surface area contributed by atoms with Crippen LogP contribution in [0.5, 0.6) is 0 Å². The number of hydrogen-bond acceptors (Lipinski definition) is 3. The first-order valence-corrected chi connectivity index (χ1v) is 7.10. The Kier molecular flexibility index (Phi) is 4.28. The Morgan fingerprint density at radius 3 is 2.44 bits per heavy atom. The van der Waals surface area contributed by atoms with Gasteiger partial charge in [0.15, 0.2) is 0 Å². The van der Waals surface area contributed by atoms with Gasteiger partial charge in [0.05, 0.1) is 19.1 Å². The SMILES string of the molecule is CC(C)(C)N1CCCC(C(=O)N2CCOCC2)C1. The van der Waals surface area contributed by atoms with Crippen molar-refractivity contribution >= 4 is 5.91 Å². The van der Waals surface area contributed by atoms with Gasteiger partial charge in [0.1, 0.15) is 0 Å². The zero-order valence-corrected chi connectivity index (χ0v) is 11.9. The molecule has 1 unspecified atom stereocenters. The van der Waals surface area contributed by atoms with Crippen molar-refractivity contribution in [1.29, 1.82) is 0 Å². The highest BCUT2D eigenvalue weighted by atomic mass is 16.5. The first-order chi connectivity index (χ1) is 8.48. The lowest BCUT2D eigenvalue weighted by Gasteiger charge is -2.42. The third-order valence-corrected chi connectivity index (χ3v) is 4.04. The Hall–Kier alpha value is -0.610. The van der Waals surface area contributed by atoms with E-state index in [2.05, 4.69) is 25.7 Å². The monoisotopic (exact) mass is 254 g/mol. The molecule has 0 bridgehead atoms. The van der Waals surface area contributed by atoms with Crippen LogP contribution in [0, 0.1) is 5.92 Å². The molecule has 0 radical (unpaired) electrons. The van der Waals surface area contributed by atoms with Gasteiger partial charge in [0, 0.05) is 25.2 Å². The molecule has 2 rings (SSSR count). The van der Waals surface area contributed by atoms with Gasteiger partial charge < -0.3 is 9.64 Å². The Bertz CT molecular complexity index is 293. The number of morpholine rings is 1. The quantitative estimate of drug-likeness (QED) is 0.708. The summed E-state index contributed by atoms with van der Waals surface area (Å²) < 4.78 is 5.31.